The molecule has 1 nitrogen and oxygen atoms in total. The topological polar surface area (TPSA) is 12.9 Å². The van der Waals surface area contributed by atoms with Gasteiger partial charge in [0, 0.05) is 20.0 Å². The fourth-order valence-electron chi connectivity index (χ4n) is 4.17. The molecule has 3 aromatic rings. The quantitative estimate of drug-likeness (QED) is 0.456. The highest BCUT2D eigenvalue weighted by Crippen LogP contribution is 2.42. The van der Waals surface area contributed by atoms with Crippen molar-refractivity contribution < 1.29 is 8.22 Å². The van der Waals surface area contributed by atoms with Crippen LogP contribution in [0.5, 0.6) is 0 Å². The van der Waals surface area contributed by atoms with Crippen LogP contribution < -0.4 is 0 Å². The van der Waals surface area contributed by atoms with Gasteiger partial charge in [-0.15, -0.1) is 0 Å². The molecule has 0 amide bonds. The standard InChI is InChI=1S/C27H31N/c1-19-5-12-26(28-18-19)24-7-6-20(2)25(17-24)23-10-8-21(9-11-23)22-13-15-27(3,4)16-14-22/h5-12,17-18,22H,13-16H2,1-4H3/i1D3,2D3. The fourth-order valence-corrected chi connectivity index (χ4v) is 4.17. The van der Waals surface area contributed by atoms with Gasteiger partial charge in [0.05, 0.1) is 5.69 Å². The molecule has 0 unspecified atom stereocenters. The van der Waals surface area contributed by atoms with Crippen molar-refractivity contribution in [3.05, 3.63) is 77.5 Å². The van der Waals surface area contributed by atoms with E-state index in [2.05, 4.69) is 31.0 Å². The molecular weight excluding hydrogens is 338 g/mol. The average Bonchev–Trinajstić information content (AvgIpc) is 2.78. The summed E-state index contributed by atoms with van der Waals surface area (Å²) in [5.74, 6) is 0.552. The summed E-state index contributed by atoms with van der Waals surface area (Å²) in [6.45, 7) is 0.208. The number of rotatable bonds is 3. The molecule has 1 aliphatic rings. The third-order valence-electron chi connectivity index (χ3n) is 6.11. The number of aromatic nitrogens is 1. The van der Waals surface area contributed by atoms with Crippen molar-refractivity contribution in [2.24, 2.45) is 5.41 Å². The van der Waals surface area contributed by atoms with Gasteiger partial charge >= 0.3 is 0 Å². The van der Waals surface area contributed by atoms with Crippen molar-refractivity contribution in [1.82, 2.24) is 4.98 Å². The third-order valence-corrected chi connectivity index (χ3v) is 6.11. The van der Waals surface area contributed by atoms with Crippen LogP contribution in [0.4, 0.5) is 0 Å². The molecular formula is C27H31N. The van der Waals surface area contributed by atoms with Crippen molar-refractivity contribution >= 4 is 0 Å². The van der Waals surface area contributed by atoms with Crippen molar-refractivity contribution in [3.63, 3.8) is 0 Å². The Morgan fingerprint density at radius 2 is 1.64 bits per heavy atom. The van der Waals surface area contributed by atoms with E-state index in [1.807, 2.05) is 18.2 Å². The van der Waals surface area contributed by atoms with Crippen molar-refractivity contribution in [3.8, 4) is 22.4 Å². The van der Waals surface area contributed by atoms with Crippen LogP contribution in [-0.2, 0) is 0 Å². The van der Waals surface area contributed by atoms with Gasteiger partial charge in [-0.05, 0) is 90.7 Å². The Bertz CT molecular complexity index is 1130. The first-order valence-electron chi connectivity index (χ1n) is 13.1. The van der Waals surface area contributed by atoms with E-state index in [1.54, 1.807) is 24.3 Å². The maximum atomic E-state index is 8.03. The van der Waals surface area contributed by atoms with E-state index in [9.17, 15) is 0 Å². The zero-order valence-corrected chi connectivity index (χ0v) is 16.6. The minimum absolute atomic E-state index is 0.178. The van der Waals surface area contributed by atoms with Crippen molar-refractivity contribution in [1.29, 1.82) is 0 Å². The first-order valence-corrected chi connectivity index (χ1v) is 10.1. The van der Waals surface area contributed by atoms with E-state index in [4.69, 9.17) is 8.22 Å². The van der Waals surface area contributed by atoms with Gasteiger partial charge in [-0.1, -0.05) is 56.3 Å². The molecule has 0 saturated heterocycles. The van der Waals surface area contributed by atoms with Crippen LogP contribution in [0.25, 0.3) is 22.4 Å². The lowest BCUT2D eigenvalue weighted by atomic mass is 9.71. The van der Waals surface area contributed by atoms with Crippen LogP contribution >= 0.6 is 0 Å². The molecule has 28 heavy (non-hydrogen) atoms. The lowest BCUT2D eigenvalue weighted by molar-refractivity contribution is 0.224. The second kappa shape index (κ2) is 7.54. The zero-order valence-electron chi connectivity index (χ0n) is 22.6. The van der Waals surface area contributed by atoms with E-state index < -0.39 is 13.7 Å². The van der Waals surface area contributed by atoms with Crippen LogP contribution in [0, 0.1) is 19.1 Å². The highest BCUT2D eigenvalue weighted by molar-refractivity contribution is 5.74. The van der Waals surface area contributed by atoms with Crippen LogP contribution in [0.1, 0.15) is 70.4 Å². The summed E-state index contributed by atoms with van der Waals surface area (Å²) in [6, 6.07) is 16.8. The Hall–Kier alpha value is -2.41. The number of hydrogen-bond acceptors (Lipinski definition) is 1. The fraction of sp³-hybridized carbons (Fsp3) is 0.370. The van der Waals surface area contributed by atoms with Gasteiger partial charge < -0.3 is 0 Å². The van der Waals surface area contributed by atoms with E-state index in [-0.39, 0.29) is 5.56 Å². The normalized spacial score (nSPS) is 20.9. The maximum absolute atomic E-state index is 8.03. The summed E-state index contributed by atoms with van der Waals surface area (Å²) in [5.41, 5.74) is 5.06. The Morgan fingerprint density at radius 3 is 2.29 bits per heavy atom. The molecule has 1 aliphatic carbocycles. The third kappa shape index (κ3) is 4.04. The van der Waals surface area contributed by atoms with Crippen molar-refractivity contribution in [2.75, 3.05) is 0 Å². The van der Waals surface area contributed by atoms with E-state index >= 15 is 0 Å². The minimum Gasteiger partial charge on any atom is -0.256 e. The predicted octanol–water partition coefficient (Wildman–Crippen LogP) is 7.72. The van der Waals surface area contributed by atoms with Gasteiger partial charge in [0.25, 0.3) is 0 Å². The molecule has 2 aromatic carbocycles. The summed E-state index contributed by atoms with van der Waals surface area (Å²) in [6.07, 6.45) is 6.16. The molecule has 4 rings (SSSR count). The Balaban J connectivity index is 1.67. The summed E-state index contributed by atoms with van der Waals surface area (Å²) in [7, 11) is 0. The molecule has 0 aliphatic heterocycles. The summed E-state index contributed by atoms with van der Waals surface area (Å²) in [5, 5.41) is 0. The molecule has 144 valence electrons. The minimum atomic E-state index is -2.25. The second-order valence-electron chi connectivity index (χ2n) is 8.75. The van der Waals surface area contributed by atoms with Crippen LogP contribution in [0.3, 0.4) is 0 Å². The Labute approximate surface area is 178 Å². The largest absolute Gasteiger partial charge is 0.256 e. The lowest BCUT2D eigenvalue weighted by Gasteiger charge is -2.34. The molecule has 1 heterocycles. The van der Waals surface area contributed by atoms with Gasteiger partial charge in [0.15, 0.2) is 0 Å². The van der Waals surface area contributed by atoms with Crippen molar-refractivity contribution in [2.45, 2.75) is 59.2 Å². The molecule has 1 heteroatoms. The molecule has 0 N–H and O–H groups in total. The summed E-state index contributed by atoms with van der Waals surface area (Å²) in [4.78, 5) is 4.33. The molecule has 0 spiro atoms. The molecule has 0 radical (unpaired) electrons. The zero-order chi connectivity index (χ0) is 24.7. The maximum Gasteiger partial charge on any atom is 0.0702 e. The molecule has 1 saturated carbocycles. The van der Waals surface area contributed by atoms with E-state index in [0.29, 0.717) is 28.2 Å². The van der Waals surface area contributed by atoms with Gasteiger partial charge in [-0.2, -0.15) is 0 Å². The highest BCUT2D eigenvalue weighted by Gasteiger charge is 2.27. The number of aryl methyl sites for hydroxylation is 2. The molecule has 1 fully saturated rings. The van der Waals surface area contributed by atoms with Gasteiger partial charge in [0.2, 0.25) is 0 Å². The van der Waals surface area contributed by atoms with Gasteiger partial charge in [-0.3, -0.25) is 4.98 Å². The average molecular weight is 376 g/mol. The van der Waals surface area contributed by atoms with Gasteiger partial charge in [0.1, 0.15) is 0 Å². The second-order valence-corrected chi connectivity index (χ2v) is 8.75. The van der Waals surface area contributed by atoms with E-state index in [1.165, 1.54) is 37.4 Å². The smallest absolute Gasteiger partial charge is 0.0702 e. The number of benzene rings is 2. The lowest BCUT2D eigenvalue weighted by Crippen LogP contribution is -2.20. The molecule has 0 atom stereocenters. The SMILES string of the molecule is [2H]C([2H])([2H])c1ccc(-c2ccc(C([2H])([2H])[2H])c(-c3ccc(C4CCC(C)(C)CC4)cc3)c2)nc1. The first kappa shape index (κ1) is 12.9. The Morgan fingerprint density at radius 1 is 0.893 bits per heavy atom. The number of nitrogens with zero attached hydrogens (tertiary/aromatic N) is 1. The Kier molecular flexibility index (Phi) is 3.48. The van der Waals surface area contributed by atoms with Crippen LogP contribution in [0.2, 0.25) is 0 Å². The number of pyridine rings is 1. The summed E-state index contributed by atoms with van der Waals surface area (Å²) < 4.78 is 46.7. The summed E-state index contributed by atoms with van der Waals surface area (Å²) >= 11 is 0. The van der Waals surface area contributed by atoms with E-state index in [0.717, 1.165) is 11.1 Å². The molecule has 0 bridgehead atoms. The highest BCUT2D eigenvalue weighted by atomic mass is 14.7. The van der Waals surface area contributed by atoms with Crippen LogP contribution in [0.15, 0.2) is 60.8 Å². The number of hydrogen-bond donors (Lipinski definition) is 0. The molecule has 1 aromatic heterocycles. The van der Waals surface area contributed by atoms with Crippen LogP contribution in [-0.4, -0.2) is 4.98 Å². The first-order chi connectivity index (χ1) is 15.8. The van der Waals surface area contributed by atoms with Gasteiger partial charge in [-0.25, -0.2) is 0 Å². The monoisotopic (exact) mass is 375 g/mol. The predicted molar refractivity (Wildman–Crippen MR) is 120 cm³/mol.